The second kappa shape index (κ2) is 7.22. The number of hydrogen-bond acceptors (Lipinski definition) is 5. The van der Waals surface area contributed by atoms with Crippen molar-refractivity contribution in [1.82, 2.24) is 34.4 Å². The number of carbonyl (C=O) groups is 1. The number of benzene rings is 1. The summed E-state index contributed by atoms with van der Waals surface area (Å²) in [5, 5.41) is 12.6. The molecule has 5 rings (SSSR count). The van der Waals surface area contributed by atoms with Crippen LogP contribution >= 0.6 is 0 Å². The SMILES string of the molecule is Cc1nn(C)c2nc(-c3ccccc3)cc(C(=O)N3CCn4c(nnc4C(F)F)C3)c12. The Balaban J connectivity index is 1.58. The lowest BCUT2D eigenvalue weighted by Crippen LogP contribution is -2.39. The molecular formula is C21H19F2N7O. The van der Waals surface area contributed by atoms with Gasteiger partial charge >= 0.3 is 0 Å². The van der Waals surface area contributed by atoms with E-state index >= 15 is 0 Å². The quantitative estimate of drug-likeness (QED) is 0.506. The van der Waals surface area contributed by atoms with Gasteiger partial charge in [-0.15, -0.1) is 10.2 Å². The lowest BCUT2D eigenvalue weighted by Gasteiger charge is -2.28. The molecule has 3 aromatic heterocycles. The largest absolute Gasteiger partial charge is 0.329 e. The second-order valence-electron chi connectivity index (χ2n) is 7.48. The van der Waals surface area contributed by atoms with Gasteiger partial charge in [-0.25, -0.2) is 13.8 Å². The van der Waals surface area contributed by atoms with Crippen molar-refractivity contribution in [1.29, 1.82) is 0 Å². The highest BCUT2D eigenvalue weighted by Crippen LogP contribution is 2.29. The molecule has 0 unspecified atom stereocenters. The van der Waals surface area contributed by atoms with E-state index < -0.39 is 6.43 Å². The Morgan fingerprint density at radius 2 is 1.90 bits per heavy atom. The molecule has 1 aliphatic heterocycles. The van der Waals surface area contributed by atoms with Crippen LogP contribution in [-0.4, -0.2) is 46.9 Å². The zero-order valence-electron chi connectivity index (χ0n) is 17.0. The molecule has 158 valence electrons. The maximum absolute atomic E-state index is 13.6. The van der Waals surface area contributed by atoms with Crippen molar-refractivity contribution in [3.05, 3.63) is 59.3 Å². The van der Waals surface area contributed by atoms with Gasteiger partial charge in [-0.2, -0.15) is 5.10 Å². The van der Waals surface area contributed by atoms with Crippen LogP contribution in [0, 0.1) is 6.92 Å². The van der Waals surface area contributed by atoms with Crippen molar-refractivity contribution in [2.75, 3.05) is 6.54 Å². The average molecular weight is 423 g/mol. The first-order chi connectivity index (χ1) is 14.9. The number of halogens is 2. The normalized spacial score (nSPS) is 13.8. The first-order valence-corrected chi connectivity index (χ1v) is 9.83. The third kappa shape index (κ3) is 3.15. The summed E-state index contributed by atoms with van der Waals surface area (Å²) in [5.74, 6) is -0.220. The molecule has 8 nitrogen and oxygen atoms in total. The van der Waals surface area contributed by atoms with Gasteiger partial charge in [0.1, 0.15) is 0 Å². The fourth-order valence-corrected chi connectivity index (χ4v) is 4.06. The molecule has 0 spiro atoms. The van der Waals surface area contributed by atoms with Crippen LogP contribution in [0.3, 0.4) is 0 Å². The Kier molecular flexibility index (Phi) is 4.49. The lowest BCUT2D eigenvalue weighted by molar-refractivity contribution is 0.0701. The third-order valence-electron chi connectivity index (χ3n) is 5.53. The predicted molar refractivity (Wildman–Crippen MR) is 108 cm³/mol. The molecule has 0 radical (unpaired) electrons. The van der Waals surface area contributed by atoms with E-state index in [9.17, 15) is 13.6 Å². The smallest absolute Gasteiger partial charge is 0.297 e. The number of nitrogens with zero attached hydrogens (tertiary/aromatic N) is 7. The van der Waals surface area contributed by atoms with Crippen molar-refractivity contribution in [2.24, 2.45) is 7.05 Å². The van der Waals surface area contributed by atoms with Crippen molar-refractivity contribution in [2.45, 2.75) is 26.4 Å². The Morgan fingerprint density at radius 3 is 2.65 bits per heavy atom. The Bertz CT molecular complexity index is 1300. The summed E-state index contributed by atoms with van der Waals surface area (Å²) in [6.45, 7) is 2.46. The van der Waals surface area contributed by atoms with E-state index in [2.05, 4.69) is 15.3 Å². The van der Waals surface area contributed by atoms with Crippen LogP contribution in [0.5, 0.6) is 0 Å². The minimum atomic E-state index is -2.70. The number of alkyl halides is 2. The number of carbonyl (C=O) groups excluding carboxylic acids is 1. The highest BCUT2D eigenvalue weighted by molar-refractivity contribution is 6.07. The maximum Gasteiger partial charge on any atom is 0.297 e. The summed E-state index contributed by atoms with van der Waals surface area (Å²) in [7, 11) is 1.79. The first kappa shape index (κ1) is 19.3. The van der Waals surface area contributed by atoms with E-state index in [0.29, 0.717) is 33.8 Å². The number of fused-ring (bicyclic) bond motifs is 2. The van der Waals surface area contributed by atoms with E-state index in [1.165, 1.54) is 4.57 Å². The molecule has 0 atom stereocenters. The van der Waals surface area contributed by atoms with Crippen molar-refractivity contribution in [3.8, 4) is 11.3 Å². The van der Waals surface area contributed by atoms with Gasteiger partial charge in [0.25, 0.3) is 12.3 Å². The number of aryl methyl sites for hydroxylation is 2. The van der Waals surface area contributed by atoms with Crippen LogP contribution in [0.2, 0.25) is 0 Å². The minimum absolute atomic E-state index is 0.113. The van der Waals surface area contributed by atoms with Gasteiger partial charge in [0, 0.05) is 25.7 Å². The van der Waals surface area contributed by atoms with E-state index in [0.717, 1.165) is 5.56 Å². The summed E-state index contributed by atoms with van der Waals surface area (Å²) in [5.41, 5.74) is 3.35. The van der Waals surface area contributed by atoms with E-state index in [4.69, 9.17) is 4.98 Å². The number of aromatic nitrogens is 6. The van der Waals surface area contributed by atoms with E-state index in [-0.39, 0.29) is 31.4 Å². The van der Waals surface area contributed by atoms with Crippen molar-refractivity contribution < 1.29 is 13.6 Å². The second-order valence-corrected chi connectivity index (χ2v) is 7.48. The van der Waals surface area contributed by atoms with E-state index in [1.807, 2.05) is 37.3 Å². The topological polar surface area (TPSA) is 81.7 Å². The van der Waals surface area contributed by atoms with Gasteiger partial charge < -0.3 is 9.47 Å². The molecule has 0 bridgehead atoms. The number of hydrogen-bond donors (Lipinski definition) is 0. The molecule has 4 heterocycles. The van der Waals surface area contributed by atoms with Crippen LogP contribution in [0.25, 0.3) is 22.3 Å². The summed E-state index contributed by atoms with van der Waals surface area (Å²) in [6, 6.07) is 11.4. The van der Waals surface area contributed by atoms with Crippen molar-refractivity contribution >= 4 is 16.9 Å². The summed E-state index contributed by atoms with van der Waals surface area (Å²) >= 11 is 0. The van der Waals surface area contributed by atoms with Crippen molar-refractivity contribution in [3.63, 3.8) is 0 Å². The van der Waals surface area contributed by atoms with E-state index in [1.54, 1.807) is 22.7 Å². The summed E-state index contributed by atoms with van der Waals surface area (Å²) in [4.78, 5) is 19.9. The molecule has 0 N–H and O–H groups in total. The van der Waals surface area contributed by atoms with Crippen LogP contribution in [0.1, 0.15) is 34.1 Å². The monoisotopic (exact) mass is 423 g/mol. The number of pyridine rings is 1. The van der Waals surface area contributed by atoms with Gasteiger partial charge in [0.05, 0.1) is 28.9 Å². The molecule has 0 fully saturated rings. The molecule has 10 heteroatoms. The molecule has 0 saturated carbocycles. The lowest BCUT2D eigenvalue weighted by atomic mass is 10.0. The van der Waals surface area contributed by atoms with Gasteiger partial charge in [0.15, 0.2) is 17.3 Å². The molecular weight excluding hydrogens is 404 g/mol. The fraction of sp³-hybridized carbons (Fsp3) is 0.286. The number of rotatable bonds is 3. The van der Waals surface area contributed by atoms with Crippen LogP contribution < -0.4 is 0 Å². The number of amides is 1. The zero-order valence-corrected chi connectivity index (χ0v) is 17.0. The van der Waals surface area contributed by atoms with Gasteiger partial charge in [-0.3, -0.25) is 9.48 Å². The molecule has 1 aliphatic rings. The van der Waals surface area contributed by atoms with Crippen LogP contribution in [0.4, 0.5) is 8.78 Å². The van der Waals surface area contributed by atoms with Gasteiger partial charge in [0.2, 0.25) is 0 Å². The zero-order chi connectivity index (χ0) is 21.7. The molecule has 1 aromatic carbocycles. The predicted octanol–water partition coefficient (Wildman–Crippen LogP) is 3.13. The highest BCUT2D eigenvalue weighted by atomic mass is 19.3. The first-order valence-electron chi connectivity index (χ1n) is 9.83. The standard InChI is InChI=1S/C21H19F2N7O/c1-12-17-14(10-15(13-6-4-3-5-7-13)24-19(17)28(2)27-12)21(31)29-8-9-30-16(11-29)25-26-20(30)18(22)23/h3-7,10,18H,8-9,11H2,1-2H3. The third-order valence-corrected chi connectivity index (χ3v) is 5.53. The minimum Gasteiger partial charge on any atom is -0.329 e. The Morgan fingerprint density at radius 1 is 1.13 bits per heavy atom. The molecule has 4 aromatic rings. The fourth-order valence-electron chi connectivity index (χ4n) is 4.06. The molecule has 0 aliphatic carbocycles. The van der Waals surface area contributed by atoms with Crippen LogP contribution in [0.15, 0.2) is 36.4 Å². The molecule has 1 amide bonds. The molecule has 31 heavy (non-hydrogen) atoms. The average Bonchev–Trinajstić information content (AvgIpc) is 3.33. The van der Waals surface area contributed by atoms with Crippen LogP contribution in [-0.2, 0) is 20.1 Å². The highest BCUT2D eigenvalue weighted by Gasteiger charge is 2.30. The Labute approximate surface area is 176 Å². The summed E-state index contributed by atoms with van der Waals surface area (Å²) < 4.78 is 29.3. The summed E-state index contributed by atoms with van der Waals surface area (Å²) in [6.07, 6.45) is -2.70. The Hall–Kier alpha value is -3.69. The van der Waals surface area contributed by atoms with Gasteiger partial charge in [-0.05, 0) is 13.0 Å². The maximum atomic E-state index is 13.6. The molecule has 0 saturated heterocycles. The van der Waals surface area contributed by atoms with Gasteiger partial charge in [-0.1, -0.05) is 30.3 Å².